The topological polar surface area (TPSA) is 32.3 Å². The molecule has 1 atom stereocenters. The molecule has 0 fully saturated rings. The van der Waals surface area contributed by atoms with Crippen LogP contribution in [0.1, 0.15) is 28.9 Å². The van der Waals surface area contributed by atoms with E-state index in [1.807, 2.05) is 14.0 Å². The van der Waals surface area contributed by atoms with Gasteiger partial charge < -0.3 is 10.2 Å². The molecule has 1 aromatic rings. The first-order valence-corrected chi connectivity index (χ1v) is 5.15. The molecule has 0 aliphatic rings. The van der Waals surface area contributed by atoms with Crippen LogP contribution >= 0.6 is 0 Å². The lowest BCUT2D eigenvalue weighted by Gasteiger charge is -2.14. The number of carbonyl (C=O) groups excluding carboxylic acids is 1. The van der Waals surface area contributed by atoms with Crippen LogP contribution in [0, 0.1) is 5.82 Å². The summed E-state index contributed by atoms with van der Waals surface area (Å²) in [5, 5.41) is 3.02. The summed E-state index contributed by atoms with van der Waals surface area (Å²) >= 11 is 0. The third-order valence-corrected chi connectivity index (χ3v) is 2.56. The summed E-state index contributed by atoms with van der Waals surface area (Å²) < 4.78 is 13.7. The van der Waals surface area contributed by atoms with Crippen LogP contribution in [0.2, 0.25) is 0 Å². The minimum atomic E-state index is -0.474. The molecule has 16 heavy (non-hydrogen) atoms. The first-order chi connectivity index (χ1) is 7.47. The van der Waals surface area contributed by atoms with Crippen LogP contribution in [0.4, 0.5) is 4.39 Å². The molecule has 3 nitrogen and oxygen atoms in total. The van der Waals surface area contributed by atoms with Crippen molar-refractivity contribution < 1.29 is 9.18 Å². The number of rotatable bonds is 3. The monoisotopic (exact) mass is 224 g/mol. The highest BCUT2D eigenvalue weighted by atomic mass is 19.1. The Morgan fingerprint density at radius 2 is 2.06 bits per heavy atom. The van der Waals surface area contributed by atoms with Crippen molar-refractivity contribution >= 4 is 5.91 Å². The molecule has 0 aliphatic carbocycles. The highest BCUT2D eigenvalue weighted by Gasteiger charge is 2.15. The van der Waals surface area contributed by atoms with Gasteiger partial charge in [0.25, 0.3) is 5.91 Å². The second kappa shape index (κ2) is 5.07. The number of nitrogens with one attached hydrogen (secondary N) is 1. The Morgan fingerprint density at radius 3 is 2.50 bits per heavy atom. The Balaban J connectivity index is 3.05. The van der Waals surface area contributed by atoms with Crippen LogP contribution in [0.3, 0.4) is 0 Å². The molecule has 0 heterocycles. The van der Waals surface area contributed by atoms with E-state index in [1.165, 1.54) is 17.0 Å². The van der Waals surface area contributed by atoms with Crippen LogP contribution in [0.5, 0.6) is 0 Å². The first-order valence-electron chi connectivity index (χ1n) is 5.15. The summed E-state index contributed by atoms with van der Waals surface area (Å²) in [6.45, 7) is 1.93. The average molecular weight is 224 g/mol. The zero-order valence-corrected chi connectivity index (χ0v) is 10.0. The number of carbonyl (C=O) groups is 1. The standard InChI is InChI=1S/C12H17FN2O/c1-8(14-2)9-5-6-10(11(13)7-9)12(16)15(3)4/h5-8,14H,1-4H3. The quantitative estimate of drug-likeness (QED) is 0.849. The van der Waals surface area contributed by atoms with Gasteiger partial charge in [0.1, 0.15) is 5.82 Å². The molecule has 1 rings (SSSR count). The fraction of sp³-hybridized carbons (Fsp3) is 0.417. The van der Waals surface area contributed by atoms with E-state index in [0.29, 0.717) is 0 Å². The Hall–Kier alpha value is -1.42. The summed E-state index contributed by atoms with van der Waals surface area (Å²) in [5.74, 6) is -0.792. The highest BCUT2D eigenvalue weighted by molar-refractivity contribution is 5.94. The summed E-state index contributed by atoms with van der Waals surface area (Å²) in [6.07, 6.45) is 0. The van der Waals surface area contributed by atoms with E-state index >= 15 is 0 Å². The van der Waals surface area contributed by atoms with Gasteiger partial charge in [-0.2, -0.15) is 0 Å². The van der Waals surface area contributed by atoms with Gasteiger partial charge in [-0.1, -0.05) is 6.07 Å². The molecule has 0 saturated heterocycles. The van der Waals surface area contributed by atoms with Gasteiger partial charge in [0.15, 0.2) is 0 Å². The number of hydrogen-bond acceptors (Lipinski definition) is 2. The van der Waals surface area contributed by atoms with Crippen LogP contribution in [-0.2, 0) is 0 Å². The Bertz CT molecular complexity index is 391. The molecule has 1 N–H and O–H groups in total. The van der Waals surface area contributed by atoms with Gasteiger partial charge in [-0.25, -0.2) is 4.39 Å². The maximum absolute atomic E-state index is 13.7. The van der Waals surface area contributed by atoms with E-state index in [9.17, 15) is 9.18 Å². The van der Waals surface area contributed by atoms with Crippen molar-refractivity contribution in [3.05, 3.63) is 35.1 Å². The normalized spacial score (nSPS) is 12.3. The maximum atomic E-state index is 13.7. The zero-order chi connectivity index (χ0) is 12.3. The van der Waals surface area contributed by atoms with Crippen LogP contribution < -0.4 is 5.32 Å². The van der Waals surface area contributed by atoms with Crippen LogP contribution in [0.15, 0.2) is 18.2 Å². The molecule has 0 spiro atoms. The number of benzene rings is 1. The van der Waals surface area contributed by atoms with Crippen molar-refractivity contribution in [1.82, 2.24) is 10.2 Å². The predicted molar refractivity (Wildman–Crippen MR) is 61.9 cm³/mol. The lowest BCUT2D eigenvalue weighted by Crippen LogP contribution is -2.23. The first kappa shape index (κ1) is 12.6. The van der Waals surface area contributed by atoms with E-state index in [2.05, 4.69) is 5.32 Å². The van der Waals surface area contributed by atoms with Gasteiger partial charge in [0.05, 0.1) is 5.56 Å². The molecular formula is C12H17FN2O. The minimum absolute atomic E-state index is 0.0676. The summed E-state index contributed by atoms with van der Waals surface area (Å²) in [4.78, 5) is 12.9. The van der Waals surface area contributed by atoms with Crippen molar-refractivity contribution in [2.75, 3.05) is 21.1 Å². The smallest absolute Gasteiger partial charge is 0.256 e. The third kappa shape index (κ3) is 2.58. The van der Waals surface area contributed by atoms with Gasteiger partial charge in [-0.15, -0.1) is 0 Å². The number of nitrogens with zero attached hydrogens (tertiary/aromatic N) is 1. The molecule has 88 valence electrons. The Morgan fingerprint density at radius 1 is 1.44 bits per heavy atom. The fourth-order valence-corrected chi connectivity index (χ4v) is 1.38. The largest absolute Gasteiger partial charge is 0.345 e. The van der Waals surface area contributed by atoms with Crippen molar-refractivity contribution in [2.45, 2.75) is 13.0 Å². The molecular weight excluding hydrogens is 207 g/mol. The molecule has 0 aromatic heterocycles. The summed E-state index contributed by atoms with van der Waals surface area (Å²) in [7, 11) is 5.01. The SMILES string of the molecule is CNC(C)c1ccc(C(=O)N(C)C)c(F)c1. The van der Waals surface area contributed by atoms with Gasteiger partial charge in [-0.3, -0.25) is 4.79 Å². The van der Waals surface area contributed by atoms with E-state index < -0.39 is 5.82 Å². The van der Waals surface area contributed by atoms with Gasteiger partial charge >= 0.3 is 0 Å². The number of hydrogen-bond donors (Lipinski definition) is 1. The molecule has 0 saturated carbocycles. The molecule has 0 radical (unpaired) electrons. The van der Waals surface area contributed by atoms with Crippen LogP contribution in [0.25, 0.3) is 0 Å². The van der Waals surface area contributed by atoms with Gasteiger partial charge in [-0.05, 0) is 31.7 Å². The second-order valence-electron chi connectivity index (χ2n) is 3.95. The molecule has 4 heteroatoms. The van der Waals surface area contributed by atoms with Crippen molar-refractivity contribution in [3.8, 4) is 0 Å². The molecule has 0 bridgehead atoms. The number of amides is 1. The average Bonchev–Trinajstić information content (AvgIpc) is 2.26. The van der Waals surface area contributed by atoms with E-state index in [1.54, 1.807) is 20.2 Å². The molecule has 1 amide bonds. The van der Waals surface area contributed by atoms with Gasteiger partial charge in [0, 0.05) is 20.1 Å². The Labute approximate surface area is 95.3 Å². The van der Waals surface area contributed by atoms with E-state index in [4.69, 9.17) is 0 Å². The second-order valence-corrected chi connectivity index (χ2v) is 3.95. The van der Waals surface area contributed by atoms with Gasteiger partial charge in [0.2, 0.25) is 0 Å². The van der Waals surface area contributed by atoms with Crippen molar-refractivity contribution in [1.29, 1.82) is 0 Å². The highest BCUT2D eigenvalue weighted by Crippen LogP contribution is 2.17. The molecule has 0 aliphatic heterocycles. The van der Waals surface area contributed by atoms with Crippen LogP contribution in [-0.4, -0.2) is 32.0 Å². The van der Waals surface area contributed by atoms with Crippen molar-refractivity contribution in [3.63, 3.8) is 0 Å². The fourth-order valence-electron chi connectivity index (χ4n) is 1.38. The maximum Gasteiger partial charge on any atom is 0.256 e. The van der Waals surface area contributed by atoms with Crippen molar-refractivity contribution in [2.24, 2.45) is 0 Å². The minimum Gasteiger partial charge on any atom is -0.345 e. The summed E-state index contributed by atoms with van der Waals surface area (Å²) in [5.41, 5.74) is 0.937. The Kier molecular flexibility index (Phi) is 4.01. The molecule has 1 aromatic carbocycles. The third-order valence-electron chi connectivity index (χ3n) is 2.56. The van der Waals surface area contributed by atoms with E-state index in [-0.39, 0.29) is 17.5 Å². The zero-order valence-electron chi connectivity index (χ0n) is 10.0. The predicted octanol–water partition coefficient (Wildman–Crippen LogP) is 1.81. The van der Waals surface area contributed by atoms with E-state index in [0.717, 1.165) is 5.56 Å². The molecule has 1 unspecified atom stereocenters. The summed E-state index contributed by atoms with van der Waals surface area (Å²) in [6, 6.07) is 4.76. The lowest BCUT2D eigenvalue weighted by molar-refractivity contribution is 0.0823. The lowest BCUT2D eigenvalue weighted by atomic mass is 10.1. The number of halogens is 1.